The molecule has 0 bridgehead atoms. The van der Waals surface area contributed by atoms with Crippen molar-refractivity contribution in [3.05, 3.63) is 45.3 Å². The van der Waals surface area contributed by atoms with E-state index >= 15 is 0 Å². The van der Waals surface area contributed by atoms with Crippen LogP contribution in [0.15, 0.2) is 11.2 Å². The second-order valence-corrected chi connectivity index (χ2v) is 2.65. The van der Waals surface area contributed by atoms with Crippen molar-refractivity contribution in [2.24, 2.45) is 5.11 Å². The van der Waals surface area contributed by atoms with Crippen LogP contribution >= 0.6 is 0 Å². The SMILES string of the molecule is [N-]=[N+]=NCCc1c(F)c(F)cc(F)c1F. The standard InChI is InChI=1S/C8H5F4N3/c9-5-3-6(10)8(12)4(7(5)11)1-2-14-15-13/h3H,1-2H2. The van der Waals surface area contributed by atoms with Crippen LogP contribution in [-0.2, 0) is 6.42 Å². The first-order valence-corrected chi connectivity index (χ1v) is 3.90. The summed E-state index contributed by atoms with van der Waals surface area (Å²) in [5, 5.41) is 3.01. The molecular weight excluding hydrogens is 214 g/mol. The summed E-state index contributed by atoms with van der Waals surface area (Å²) in [6.07, 6.45) is -0.392. The summed E-state index contributed by atoms with van der Waals surface area (Å²) in [6.45, 7) is -0.271. The molecule has 0 saturated carbocycles. The number of halogens is 4. The molecule has 0 aliphatic carbocycles. The Morgan fingerprint density at radius 2 is 1.67 bits per heavy atom. The highest BCUT2D eigenvalue weighted by Crippen LogP contribution is 2.19. The van der Waals surface area contributed by atoms with Crippen molar-refractivity contribution in [1.82, 2.24) is 0 Å². The highest BCUT2D eigenvalue weighted by molar-refractivity contribution is 5.22. The van der Waals surface area contributed by atoms with Crippen molar-refractivity contribution in [1.29, 1.82) is 0 Å². The van der Waals surface area contributed by atoms with Gasteiger partial charge in [0.05, 0.1) is 0 Å². The molecule has 0 aliphatic rings. The third-order valence-electron chi connectivity index (χ3n) is 1.73. The zero-order valence-corrected chi connectivity index (χ0v) is 7.35. The summed E-state index contributed by atoms with van der Waals surface area (Å²) in [6, 6.07) is 0.127. The summed E-state index contributed by atoms with van der Waals surface area (Å²) in [5.74, 6) is -5.85. The lowest BCUT2D eigenvalue weighted by Crippen LogP contribution is -2.04. The van der Waals surface area contributed by atoms with Gasteiger partial charge in [-0.05, 0) is 12.0 Å². The van der Waals surface area contributed by atoms with E-state index in [-0.39, 0.29) is 12.6 Å². The van der Waals surface area contributed by atoms with Crippen LogP contribution in [0.3, 0.4) is 0 Å². The summed E-state index contributed by atoms with van der Waals surface area (Å²) in [5.41, 5.74) is 7.16. The zero-order chi connectivity index (χ0) is 11.4. The smallest absolute Gasteiger partial charge is 0.165 e. The molecule has 0 fully saturated rings. The topological polar surface area (TPSA) is 48.8 Å². The fourth-order valence-electron chi connectivity index (χ4n) is 1.05. The third-order valence-corrected chi connectivity index (χ3v) is 1.73. The number of azide groups is 1. The Hall–Kier alpha value is -1.75. The molecule has 0 atom stereocenters. The van der Waals surface area contributed by atoms with Crippen molar-refractivity contribution in [3.63, 3.8) is 0 Å². The zero-order valence-electron chi connectivity index (χ0n) is 7.35. The van der Waals surface area contributed by atoms with Crippen LogP contribution in [0, 0.1) is 23.3 Å². The van der Waals surface area contributed by atoms with Crippen LogP contribution < -0.4 is 0 Å². The van der Waals surface area contributed by atoms with Crippen LogP contribution in [0.2, 0.25) is 0 Å². The Morgan fingerprint density at radius 1 is 1.13 bits per heavy atom. The van der Waals surface area contributed by atoms with E-state index < -0.39 is 35.3 Å². The molecule has 0 amide bonds. The van der Waals surface area contributed by atoms with Crippen molar-refractivity contribution < 1.29 is 17.6 Å². The van der Waals surface area contributed by atoms with E-state index in [1.54, 1.807) is 0 Å². The molecule has 0 spiro atoms. The van der Waals surface area contributed by atoms with Crippen molar-refractivity contribution in [2.45, 2.75) is 6.42 Å². The summed E-state index contributed by atoms with van der Waals surface area (Å²) < 4.78 is 51.2. The minimum absolute atomic E-state index is 0.127. The predicted molar refractivity (Wildman–Crippen MR) is 44.0 cm³/mol. The average Bonchev–Trinajstić information content (AvgIpc) is 2.20. The number of hydrogen-bond acceptors (Lipinski definition) is 1. The third kappa shape index (κ3) is 2.38. The van der Waals surface area contributed by atoms with Gasteiger partial charge in [0.25, 0.3) is 0 Å². The van der Waals surface area contributed by atoms with Gasteiger partial charge in [0.2, 0.25) is 0 Å². The van der Waals surface area contributed by atoms with Gasteiger partial charge in [0.15, 0.2) is 23.3 Å². The maximum Gasteiger partial charge on any atom is 0.165 e. The fraction of sp³-hybridized carbons (Fsp3) is 0.250. The van der Waals surface area contributed by atoms with Crippen LogP contribution in [0.25, 0.3) is 10.4 Å². The highest BCUT2D eigenvalue weighted by Gasteiger charge is 2.17. The Morgan fingerprint density at radius 3 is 2.13 bits per heavy atom. The maximum atomic E-state index is 13.0. The highest BCUT2D eigenvalue weighted by atomic mass is 19.2. The lowest BCUT2D eigenvalue weighted by molar-refractivity contribution is 0.439. The molecule has 1 aromatic rings. The van der Waals surface area contributed by atoms with Gasteiger partial charge in [-0.25, -0.2) is 17.6 Å². The number of benzene rings is 1. The molecule has 0 unspecified atom stereocenters. The average molecular weight is 219 g/mol. The second-order valence-electron chi connectivity index (χ2n) is 2.65. The molecular formula is C8H5F4N3. The number of rotatable bonds is 3. The molecule has 0 radical (unpaired) electrons. The Balaban J connectivity index is 3.09. The number of nitrogens with zero attached hydrogens (tertiary/aromatic N) is 3. The molecule has 0 aromatic heterocycles. The molecule has 3 nitrogen and oxygen atoms in total. The van der Waals surface area contributed by atoms with E-state index in [1.165, 1.54) is 0 Å². The summed E-state index contributed by atoms with van der Waals surface area (Å²) in [7, 11) is 0. The van der Waals surface area contributed by atoms with E-state index in [4.69, 9.17) is 5.53 Å². The largest absolute Gasteiger partial charge is 0.204 e. The molecule has 15 heavy (non-hydrogen) atoms. The molecule has 0 heterocycles. The first-order valence-electron chi connectivity index (χ1n) is 3.90. The van der Waals surface area contributed by atoms with Gasteiger partial charge in [-0.15, -0.1) is 0 Å². The first-order chi connectivity index (χ1) is 7.07. The van der Waals surface area contributed by atoms with Gasteiger partial charge < -0.3 is 0 Å². The summed E-state index contributed by atoms with van der Waals surface area (Å²) in [4.78, 5) is 2.35. The number of hydrogen-bond donors (Lipinski definition) is 0. The van der Waals surface area contributed by atoms with Crippen LogP contribution in [-0.4, -0.2) is 6.54 Å². The Kier molecular flexibility index (Phi) is 3.51. The van der Waals surface area contributed by atoms with E-state index in [0.29, 0.717) is 0 Å². The van der Waals surface area contributed by atoms with Gasteiger partial charge in [-0.1, -0.05) is 5.11 Å². The normalized spacial score (nSPS) is 9.87. The minimum atomic E-state index is -1.47. The lowest BCUT2D eigenvalue weighted by atomic mass is 10.1. The molecule has 0 N–H and O–H groups in total. The molecule has 0 aliphatic heterocycles. The Bertz CT molecular complexity index is 400. The van der Waals surface area contributed by atoms with Crippen LogP contribution in [0.4, 0.5) is 17.6 Å². The first kappa shape index (κ1) is 11.3. The maximum absolute atomic E-state index is 13.0. The predicted octanol–water partition coefficient (Wildman–Crippen LogP) is 3.10. The van der Waals surface area contributed by atoms with E-state index in [1.807, 2.05) is 0 Å². The van der Waals surface area contributed by atoms with E-state index in [2.05, 4.69) is 10.0 Å². The van der Waals surface area contributed by atoms with Crippen molar-refractivity contribution in [3.8, 4) is 0 Å². The molecule has 1 rings (SSSR count). The summed E-state index contributed by atoms with van der Waals surface area (Å²) >= 11 is 0. The van der Waals surface area contributed by atoms with Gasteiger partial charge in [-0.3, -0.25) is 0 Å². The van der Waals surface area contributed by atoms with Gasteiger partial charge in [-0.2, -0.15) is 0 Å². The monoisotopic (exact) mass is 219 g/mol. The second kappa shape index (κ2) is 4.65. The lowest BCUT2D eigenvalue weighted by Gasteiger charge is -2.04. The Labute approximate surface area is 82.0 Å². The van der Waals surface area contributed by atoms with Gasteiger partial charge in [0.1, 0.15) is 0 Å². The van der Waals surface area contributed by atoms with Crippen molar-refractivity contribution >= 4 is 0 Å². The van der Waals surface area contributed by atoms with Crippen LogP contribution in [0.1, 0.15) is 5.56 Å². The minimum Gasteiger partial charge on any atom is -0.204 e. The van der Waals surface area contributed by atoms with Gasteiger partial charge >= 0.3 is 0 Å². The molecule has 80 valence electrons. The van der Waals surface area contributed by atoms with E-state index in [9.17, 15) is 17.6 Å². The van der Waals surface area contributed by atoms with Crippen molar-refractivity contribution in [2.75, 3.05) is 6.54 Å². The molecule has 7 heteroatoms. The van der Waals surface area contributed by atoms with Crippen LogP contribution in [0.5, 0.6) is 0 Å². The quantitative estimate of drug-likeness (QED) is 0.246. The van der Waals surface area contributed by atoms with Gasteiger partial charge in [0, 0.05) is 23.1 Å². The fourth-order valence-corrected chi connectivity index (χ4v) is 1.05. The van der Waals surface area contributed by atoms with E-state index in [0.717, 1.165) is 0 Å². The molecule has 1 aromatic carbocycles. The molecule has 0 saturated heterocycles.